The van der Waals surface area contributed by atoms with E-state index in [1.807, 2.05) is 4.90 Å². The number of carbonyl (C=O) groups is 2. The molecule has 1 aromatic rings. The largest absolute Gasteiger partial charge is 0.325 e. The van der Waals surface area contributed by atoms with E-state index in [2.05, 4.69) is 5.32 Å². The molecule has 0 spiro atoms. The number of benzene rings is 1. The number of rotatable bonds is 4. The Morgan fingerprint density at radius 3 is 2.75 bits per heavy atom. The lowest BCUT2D eigenvalue weighted by Crippen LogP contribution is -2.39. The van der Waals surface area contributed by atoms with Crippen LogP contribution in [0.5, 0.6) is 0 Å². The smallest absolute Gasteiger partial charge is 0.238 e. The zero-order valence-electron chi connectivity index (χ0n) is 10.9. The molecule has 108 valence electrons. The van der Waals surface area contributed by atoms with Crippen LogP contribution in [0.25, 0.3) is 0 Å². The third-order valence-corrected chi connectivity index (χ3v) is 3.68. The summed E-state index contributed by atoms with van der Waals surface area (Å²) in [6.07, 6.45) is 2.57. The van der Waals surface area contributed by atoms with Crippen LogP contribution in [0.15, 0.2) is 18.2 Å². The predicted molar refractivity (Wildman–Crippen MR) is 75.3 cm³/mol. The van der Waals surface area contributed by atoms with E-state index in [0.29, 0.717) is 5.69 Å². The standard InChI is InChI=1S/C14H16ClFN2O2/c15-12-7-11(1-2-13(12)16)17-14(20)8-18-5-3-10(9-19)4-6-18/h1-2,7,9-10H,3-6,8H2,(H,17,20). The maximum absolute atomic E-state index is 13.0. The highest BCUT2D eigenvalue weighted by atomic mass is 35.5. The van der Waals surface area contributed by atoms with Crippen LogP contribution in [0.2, 0.25) is 5.02 Å². The highest BCUT2D eigenvalue weighted by Gasteiger charge is 2.20. The second-order valence-corrected chi connectivity index (χ2v) is 5.33. The first-order valence-electron chi connectivity index (χ1n) is 6.51. The van der Waals surface area contributed by atoms with Crippen molar-refractivity contribution in [3.63, 3.8) is 0 Å². The third-order valence-electron chi connectivity index (χ3n) is 3.40. The Hall–Kier alpha value is -1.46. The molecule has 1 heterocycles. The summed E-state index contributed by atoms with van der Waals surface area (Å²) in [6.45, 7) is 1.74. The lowest BCUT2D eigenvalue weighted by Gasteiger charge is -2.28. The first-order valence-corrected chi connectivity index (χ1v) is 6.89. The number of halogens is 2. The number of piperidine rings is 1. The molecule has 0 atom stereocenters. The zero-order valence-corrected chi connectivity index (χ0v) is 11.7. The van der Waals surface area contributed by atoms with Crippen LogP contribution in [0, 0.1) is 11.7 Å². The van der Waals surface area contributed by atoms with Gasteiger partial charge in [-0.1, -0.05) is 11.6 Å². The maximum Gasteiger partial charge on any atom is 0.238 e. The van der Waals surface area contributed by atoms with Crippen LogP contribution in [0.3, 0.4) is 0 Å². The highest BCUT2D eigenvalue weighted by molar-refractivity contribution is 6.31. The van der Waals surface area contributed by atoms with Crippen molar-refractivity contribution in [3.05, 3.63) is 29.0 Å². The Labute approximate surface area is 121 Å². The Kier molecular flexibility index (Phi) is 5.09. The van der Waals surface area contributed by atoms with Gasteiger partial charge in [0.05, 0.1) is 11.6 Å². The Morgan fingerprint density at radius 2 is 2.15 bits per heavy atom. The summed E-state index contributed by atoms with van der Waals surface area (Å²) in [5.74, 6) is -0.567. The molecule has 0 bridgehead atoms. The van der Waals surface area contributed by atoms with E-state index in [0.717, 1.165) is 32.2 Å². The van der Waals surface area contributed by atoms with Crippen LogP contribution < -0.4 is 5.32 Å². The number of aldehydes is 1. The minimum absolute atomic E-state index is 0.0189. The minimum Gasteiger partial charge on any atom is -0.325 e. The average molecular weight is 299 g/mol. The van der Waals surface area contributed by atoms with Crippen molar-refractivity contribution >= 4 is 29.5 Å². The van der Waals surface area contributed by atoms with Crippen molar-refractivity contribution in [3.8, 4) is 0 Å². The van der Waals surface area contributed by atoms with Gasteiger partial charge in [0.2, 0.25) is 5.91 Å². The third kappa shape index (κ3) is 4.02. The topological polar surface area (TPSA) is 49.4 Å². The average Bonchev–Trinajstić information content (AvgIpc) is 2.44. The molecular weight excluding hydrogens is 283 g/mol. The van der Waals surface area contributed by atoms with Gasteiger partial charge >= 0.3 is 0 Å². The summed E-state index contributed by atoms with van der Waals surface area (Å²) in [5, 5.41) is 2.66. The summed E-state index contributed by atoms with van der Waals surface area (Å²) >= 11 is 5.65. The normalized spacial score (nSPS) is 16.9. The van der Waals surface area contributed by atoms with E-state index < -0.39 is 5.82 Å². The van der Waals surface area contributed by atoms with Gasteiger partial charge < -0.3 is 10.1 Å². The molecular formula is C14H16ClFN2O2. The van der Waals surface area contributed by atoms with Crippen molar-refractivity contribution < 1.29 is 14.0 Å². The highest BCUT2D eigenvalue weighted by Crippen LogP contribution is 2.19. The van der Waals surface area contributed by atoms with E-state index in [1.54, 1.807) is 0 Å². The number of amides is 1. The quantitative estimate of drug-likeness (QED) is 0.868. The van der Waals surface area contributed by atoms with Crippen LogP contribution in [0.1, 0.15) is 12.8 Å². The predicted octanol–water partition coefficient (Wildman–Crippen LogP) is 2.33. The van der Waals surface area contributed by atoms with Crippen molar-refractivity contribution in [1.82, 2.24) is 4.90 Å². The number of anilines is 1. The number of hydrogen-bond donors (Lipinski definition) is 1. The van der Waals surface area contributed by atoms with E-state index in [-0.39, 0.29) is 23.4 Å². The monoisotopic (exact) mass is 298 g/mol. The van der Waals surface area contributed by atoms with Gasteiger partial charge in [-0.05, 0) is 44.1 Å². The van der Waals surface area contributed by atoms with Gasteiger partial charge in [0, 0.05) is 11.6 Å². The van der Waals surface area contributed by atoms with Gasteiger partial charge in [-0.25, -0.2) is 4.39 Å². The minimum atomic E-state index is -0.513. The molecule has 0 unspecified atom stereocenters. The number of hydrogen-bond acceptors (Lipinski definition) is 3. The molecule has 1 fully saturated rings. The SMILES string of the molecule is O=CC1CCN(CC(=O)Nc2ccc(F)c(Cl)c2)CC1. The fourth-order valence-corrected chi connectivity index (χ4v) is 2.41. The van der Waals surface area contributed by atoms with Gasteiger partial charge in [-0.15, -0.1) is 0 Å². The molecule has 6 heteroatoms. The molecule has 0 aromatic heterocycles. The van der Waals surface area contributed by atoms with Gasteiger partial charge in [0.1, 0.15) is 12.1 Å². The Balaban J connectivity index is 1.83. The second kappa shape index (κ2) is 6.81. The van der Waals surface area contributed by atoms with E-state index in [4.69, 9.17) is 11.6 Å². The van der Waals surface area contributed by atoms with E-state index in [9.17, 15) is 14.0 Å². The maximum atomic E-state index is 13.0. The van der Waals surface area contributed by atoms with Gasteiger partial charge in [0.25, 0.3) is 0 Å². The lowest BCUT2D eigenvalue weighted by atomic mass is 9.99. The molecule has 2 rings (SSSR count). The summed E-state index contributed by atoms with van der Waals surface area (Å²) in [4.78, 5) is 24.5. The van der Waals surface area contributed by atoms with Crippen LogP contribution in [0.4, 0.5) is 10.1 Å². The fourth-order valence-electron chi connectivity index (χ4n) is 2.22. The van der Waals surface area contributed by atoms with Gasteiger partial charge in [-0.2, -0.15) is 0 Å². The number of nitrogens with zero attached hydrogens (tertiary/aromatic N) is 1. The van der Waals surface area contributed by atoms with Crippen LogP contribution in [-0.4, -0.2) is 36.7 Å². The van der Waals surface area contributed by atoms with Crippen molar-refractivity contribution in [2.75, 3.05) is 25.0 Å². The summed E-state index contributed by atoms with van der Waals surface area (Å²) in [6, 6.07) is 4.07. The molecule has 1 N–H and O–H groups in total. The molecule has 1 aliphatic heterocycles. The summed E-state index contributed by atoms with van der Waals surface area (Å²) in [5.41, 5.74) is 0.476. The molecule has 1 saturated heterocycles. The fraction of sp³-hybridized carbons (Fsp3) is 0.429. The summed E-state index contributed by atoms with van der Waals surface area (Å²) < 4.78 is 13.0. The van der Waals surface area contributed by atoms with Crippen LogP contribution >= 0.6 is 11.6 Å². The number of carbonyl (C=O) groups excluding carboxylic acids is 2. The molecule has 0 radical (unpaired) electrons. The first kappa shape index (κ1) is 14.9. The molecule has 4 nitrogen and oxygen atoms in total. The van der Waals surface area contributed by atoms with Gasteiger partial charge in [0.15, 0.2) is 0 Å². The van der Waals surface area contributed by atoms with Crippen molar-refractivity contribution in [2.24, 2.45) is 5.92 Å². The van der Waals surface area contributed by atoms with Crippen molar-refractivity contribution in [1.29, 1.82) is 0 Å². The molecule has 20 heavy (non-hydrogen) atoms. The Morgan fingerprint density at radius 1 is 1.45 bits per heavy atom. The van der Waals surface area contributed by atoms with E-state index >= 15 is 0 Å². The molecule has 1 aromatic carbocycles. The van der Waals surface area contributed by atoms with Crippen LogP contribution in [-0.2, 0) is 9.59 Å². The molecule has 0 saturated carbocycles. The van der Waals surface area contributed by atoms with Crippen molar-refractivity contribution in [2.45, 2.75) is 12.8 Å². The molecule has 0 aliphatic carbocycles. The Bertz CT molecular complexity index is 502. The zero-order chi connectivity index (χ0) is 14.5. The van der Waals surface area contributed by atoms with Gasteiger partial charge in [-0.3, -0.25) is 9.69 Å². The first-order chi connectivity index (χ1) is 9.58. The molecule has 1 aliphatic rings. The molecule has 1 amide bonds. The summed E-state index contributed by atoms with van der Waals surface area (Å²) in [7, 11) is 0. The number of nitrogens with one attached hydrogen (secondary N) is 1. The lowest BCUT2D eigenvalue weighted by molar-refractivity contribution is -0.117. The van der Waals surface area contributed by atoms with E-state index in [1.165, 1.54) is 18.2 Å². The number of likely N-dealkylation sites (tertiary alicyclic amines) is 1. The second-order valence-electron chi connectivity index (χ2n) is 4.93.